The van der Waals surface area contributed by atoms with Gasteiger partial charge in [0.1, 0.15) is 11.9 Å². The van der Waals surface area contributed by atoms with Crippen molar-refractivity contribution in [3.8, 4) is 17.6 Å². The van der Waals surface area contributed by atoms with Gasteiger partial charge in [-0.1, -0.05) is 30.4 Å². The molecule has 1 N–H and O–H groups in total. The summed E-state index contributed by atoms with van der Waals surface area (Å²) in [6.45, 7) is 4.09. The molecule has 0 radical (unpaired) electrons. The van der Waals surface area contributed by atoms with Gasteiger partial charge >= 0.3 is 5.97 Å². The maximum atomic E-state index is 11.6. The van der Waals surface area contributed by atoms with Gasteiger partial charge in [-0.2, -0.15) is 0 Å². The van der Waals surface area contributed by atoms with Crippen LogP contribution in [0, 0.1) is 17.8 Å². The molecule has 1 saturated carbocycles. The van der Waals surface area contributed by atoms with Gasteiger partial charge in [-0.3, -0.25) is 4.79 Å². The highest BCUT2D eigenvalue weighted by molar-refractivity contribution is 5.69. The van der Waals surface area contributed by atoms with E-state index in [1.54, 1.807) is 0 Å². The topological polar surface area (TPSA) is 55.8 Å². The zero-order valence-electron chi connectivity index (χ0n) is 17.5. The summed E-state index contributed by atoms with van der Waals surface area (Å²) in [6.07, 6.45) is 9.44. The quantitative estimate of drug-likeness (QED) is 0.378. The molecule has 0 spiro atoms. The molecular formula is C25H32O4. The summed E-state index contributed by atoms with van der Waals surface area (Å²) in [4.78, 5) is 11.6. The number of para-hydroxylation sites is 1. The first kappa shape index (κ1) is 21.5. The molecule has 1 aliphatic heterocycles. The Balaban J connectivity index is 1.63. The van der Waals surface area contributed by atoms with E-state index in [1.165, 1.54) is 11.1 Å². The number of esters is 1. The van der Waals surface area contributed by atoms with E-state index in [9.17, 15) is 9.90 Å². The highest BCUT2D eigenvalue weighted by Gasteiger charge is 2.44. The van der Waals surface area contributed by atoms with Gasteiger partial charge in [-0.15, -0.1) is 11.8 Å². The zero-order chi connectivity index (χ0) is 20.6. The number of aliphatic hydroxyl groups is 1. The highest BCUT2D eigenvalue weighted by atomic mass is 16.5. The Bertz CT molecular complexity index is 786. The lowest BCUT2D eigenvalue weighted by atomic mass is 9.87. The molecular weight excluding hydrogens is 364 g/mol. The summed E-state index contributed by atoms with van der Waals surface area (Å²) in [6, 6.07) is 6.38. The first-order valence-electron chi connectivity index (χ1n) is 10.8. The average molecular weight is 397 g/mol. The van der Waals surface area contributed by atoms with E-state index in [0.717, 1.165) is 37.9 Å². The SMILES string of the molecule is CC#CCCC(O)/C=C/C1CCC2Oc3c(CCCC(=O)OCC)cccc3C12. The highest BCUT2D eigenvalue weighted by Crippen LogP contribution is 2.51. The number of ether oxygens (including phenoxy) is 2. The average Bonchev–Trinajstić information content (AvgIpc) is 3.27. The van der Waals surface area contributed by atoms with Crippen LogP contribution < -0.4 is 4.74 Å². The Morgan fingerprint density at radius 3 is 3.07 bits per heavy atom. The van der Waals surface area contributed by atoms with Crippen LogP contribution in [0.25, 0.3) is 0 Å². The first-order valence-corrected chi connectivity index (χ1v) is 10.8. The molecule has 4 unspecified atom stereocenters. The third-order valence-electron chi connectivity index (χ3n) is 5.86. The predicted molar refractivity (Wildman–Crippen MR) is 114 cm³/mol. The molecule has 0 bridgehead atoms. The molecule has 156 valence electrons. The third kappa shape index (κ3) is 5.42. The van der Waals surface area contributed by atoms with Gasteiger partial charge in [0, 0.05) is 24.3 Å². The van der Waals surface area contributed by atoms with E-state index in [1.807, 2.05) is 19.9 Å². The molecule has 3 rings (SSSR count). The van der Waals surface area contributed by atoms with E-state index in [0.29, 0.717) is 31.3 Å². The molecule has 1 aromatic rings. The molecule has 1 heterocycles. The van der Waals surface area contributed by atoms with Crippen LogP contribution in [0.5, 0.6) is 5.75 Å². The number of hydrogen-bond donors (Lipinski definition) is 1. The summed E-state index contributed by atoms with van der Waals surface area (Å²) in [7, 11) is 0. The van der Waals surface area contributed by atoms with Crippen molar-refractivity contribution in [2.75, 3.05) is 6.61 Å². The first-order chi connectivity index (χ1) is 14.1. The van der Waals surface area contributed by atoms with Crippen molar-refractivity contribution in [2.45, 2.75) is 76.9 Å². The van der Waals surface area contributed by atoms with Crippen LogP contribution >= 0.6 is 0 Å². The lowest BCUT2D eigenvalue weighted by Gasteiger charge is -2.15. The van der Waals surface area contributed by atoms with Crippen molar-refractivity contribution >= 4 is 5.97 Å². The minimum atomic E-state index is -0.439. The monoisotopic (exact) mass is 396 g/mol. The Kier molecular flexibility index (Phi) is 7.77. The number of carbonyl (C=O) groups excluding carboxylic acids is 1. The molecule has 0 amide bonds. The molecule has 0 saturated heterocycles. The molecule has 0 aromatic heterocycles. The number of aliphatic hydroxyl groups excluding tert-OH is 1. The summed E-state index contributed by atoms with van der Waals surface area (Å²) < 4.78 is 11.4. The lowest BCUT2D eigenvalue weighted by molar-refractivity contribution is -0.143. The Morgan fingerprint density at radius 2 is 2.28 bits per heavy atom. The van der Waals surface area contributed by atoms with E-state index in [2.05, 4.69) is 36.1 Å². The summed E-state index contributed by atoms with van der Waals surface area (Å²) >= 11 is 0. The summed E-state index contributed by atoms with van der Waals surface area (Å²) in [5, 5.41) is 10.2. The normalized spacial score (nSPS) is 23.1. The number of benzene rings is 1. The van der Waals surface area contributed by atoms with Gasteiger partial charge in [0.15, 0.2) is 0 Å². The fraction of sp³-hybridized carbons (Fsp3) is 0.560. The van der Waals surface area contributed by atoms with E-state index in [-0.39, 0.29) is 12.1 Å². The number of fused-ring (bicyclic) bond motifs is 3. The van der Waals surface area contributed by atoms with Crippen molar-refractivity contribution in [1.29, 1.82) is 0 Å². The number of carbonyl (C=O) groups is 1. The van der Waals surface area contributed by atoms with Crippen molar-refractivity contribution in [2.24, 2.45) is 5.92 Å². The van der Waals surface area contributed by atoms with Crippen molar-refractivity contribution in [3.05, 3.63) is 41.5 Å². The van der Waals surface area contributed by atoms with Crippen LogP contribution in [0.3, 0.4) is 0 Å². The van der Waals surface area contributed by atoms with Crippen LogP contribution in [0.2, 0.25) is 0 Å². The smallest absolute Gasteiger partial charge is 0.305 e. The van der Waals surface area contributed by atoms with E-state index in [4.69, 9.17) is 9.47 Å². The molecule has 29 heavy (non-hydrogen) atoms. The molecule has 2 aliphatic rings. The fourth-order valence-corrected chi connectivity index (χ4v) is 4.50. The number of hydrogen-bond acceptors (Lipinski definition) is 4. The van der Waals surface area contributed by atoms with Crippen LogP contribution in [0.1, 0.15) is 69.4 Å². The van der Waals surface area contributed by atoms with Crippen LogP contribution in [0.15, 0.2) is 30.4 Å². The summed E-state index contributed by atoms with van der Waals surface area (Å²) in [5.74, 6) is 7.50. The fourth-order valence-electron chi connectivity index (χ4n) is 4.50. The Morgan fingerprint density at radius 1 is 1.41 bits per heavy atom. The third-order valence-corrected chi connectivity index (χ3v) is 5.86. The summed E-state index contributed by atoms with van der Waals surface area (Å²) in [5.41, 5.74) is 2.46. The number of allylic oxidation sites excluding steroid dienone is 1. The van der Waals surface area contributed by atoms with Crippen LogP contribution in [-0.4, -0.2) is 29.9 Å². The van der Waals surface area contributed by atoms with Gasteiger partial charge in [-0.25, -0.2) is 0 Å². The number of rotatable bonds is 9. The molecule has 4 nitrogen and oxygen atoms in total. The van der Waals surface area contributed by atoms with Gasteiger partial charge in [0.2, 0.25) is 0 Å². The standard InChI is InChI=1S/C25H32O4/c1-3-5-6-11-20(26)16-14-18-15-17-22-24(18)21-12-7-9-19(25(21)29-22)10-8-13-23(27)28-4-2/h7,9,12,14,16,18,20,22,24,26H,4,6,8,10-11,13,15,17H2,1-2H3/b16-14+. The second kappa shape index (κ2) is 10.5. The maximum absolute atomic E-state index is 11.6. The molecule has 4 atom stereocenters. The number of aryl methyl sites for hydroxylation is 1. The van der Waals surface area contributed by atoms with E-state index < -0.39 is 6.10 Å². The minimum Gasteiger partial charge on any atom is -0.489 e. The van der Waals surface area contributed by atoms with Gasteiger partial charge in [-0.05, 0) is 57.4 Å². The minimum absolute atomic E-state index is 0.133. The second-order valence-electron chi connectivity index (χ2n) is 7.84. The van der Waals surface area contributed by atoms with Gasteiger partial charge in [0.05, 0.1) is 12.7 Å². The van der Waals surface area contributed by atoms with Crippen molar-refractivity contribution in [1.82, 2.24) is 0 Å². The molecule has 1 fully saturated rings. The lowest BCUT2D eigenvalue weighted by Crippen LogP contribution is -2.15. The largest absolute Gasteiger partial charge is 0.489 e. The van der Waals surface area contributed by atoms with Crippen molar-refractivity contribution < 1.29 is 19.4 Å². The second-order valence-corrected chi connectivity index (χ2v) is 7.84. The molecule has 1 aliphatic carbocycles. The zero-order valence-corrected chi connectivity index (χ0v) is 17.5. The van der Waals surface area contributed by atoms with Gasteiger partial charge in [0.25, 0.3) is 0 Å². The van der Waals surface area contributed by atoms with Gasteiger partial charge < -0.3 is 14.6 Å². The molecule has 4 heteroatoms. The van der Waals surface area contributed by atoms with Crippen LogP contribution in [-0.2, 0) is 16.0 Å². The Hall–Kier alpha value is -2.25. The molecule has 1 aromatic carbocycles. The van der Waals surface area contributed by atoms with Crippen LogP contribution in [0.4, 0.5) is 0 Å². The van der Waals surface area contributed by atoms with E-state index >= 15 is 0 Å². The predicted octanol–water partition coefficient (Wildman–Crippen LogP) is 4.55. The Labute approximate surface area is 174 Å². The van der Waals surface area contributed by atoms with Crippen molar-refractivity contribution in [3.63, 3.8) is 0 Å². The maximum Gasteiger partial charge on any atom is 0.305 e.